The Bertz CT molecular complexity index is 441. The van der Waals surface area contributed by atoms with Crippen molar-refractivity contribution in [2.45, 2.75) is 19.9 Å². The number of amides is 1. The third kappa shape index (κ3) is 7.63. The van der Waals surface area contributed by atoms with Crippen LogP contribution in [0.5, 0.6) is 5.75 Å². The van der Waals surface area contributed by atoms with Crippen LogP contribution in [0, 0.1) is 5.82 Å². The number of ether oxygens (including phenoxy) is 2. The Hall–Kier alpha value is -1.66. The van der Waals surface area contributed by atoms with Crippen LogP contribution >= 0.6 is 0 Å². The molecular formula is C15H23FN2O3. The van der Waals surface area contributed by atoms with Crippen LogP contribution in [0.2, 0.25) is 0 Å². The van der Waals surface area contributed by atoms with E-state index in [1.807, 2.05) is 6.92 Å². The van der Waals surface area contributed by atoms with Crippen molar-refractivity contribution in [3.63, 3.8) is 0 Å². The topological polar surface area (TPSA) is 59.6 Å². The highest BCUT2D eigenvalue weighted by Crippen LogP contribution is 2.16. The average Bonchev–Trinajstić information content (AvgIpc) is 2.43. The first-order valence-electron chi connectivity index (χ1n) is 7.04. The predicted molar refractivity (Wildman–Crippen MR) is 78.8 cm³/mol. The third-order valence-electron chi connectivity index (χ3n) is 2.71. The van der Waals surface area contributed by atoms with Gasteiger partial charge in [-0.3, -0.25) is 4.79 Å². The molecule has 118 valence electrons. The molecule has 0 fully saturated rings. The molecule has 0 radical (unpaired) electrons. The van der Waals surface area contributed by atoms with E-state index >= 15 is 0 Å². The fourth-order valence-electron chi connectivity index (χ4n) is 1.76. The summed E-state index contributed by atoms with van der Waals surface area (Å²) in [5.74, 6) is 0.00671. The van der Waals surface area contributed by atoms with Gasteiger partial charge >= 0.3 is 0 Å². The molecule has 2 N–H and O–H groups in total. The molecule has 21 heavy (non-hydrogen) atoms. The highest BCUT2D eigenvalue weighted by molar-refractivity contribution is 5.75. The first-order chi connectivity index (χ1) is 10.2. The van der Waals surface area contributed by atoms with Gasteiger partial charge in [0.15, 0.2) is 0 Å². The predicted octanol–water partition coefficient (Wildman–Crippen LogP) is 1.47. The fraction of sp³-hybridized carbons (Fsp3) is 0.533. The van der Waals surface area contributed by atoms with Gasteiger partial charge in [0.2, 0.25) is 5.91 Å². The van der Waals surface area contributed by atoms with Gasteiger partial charge in [0.05, 0.1) is 19.6 Å². The van der Waals surface area contributed by atoms with Crippen LogP contribution in [0.25, 0.3) is 0 Å². The van der Waals surface area contributed by atoms with E-state index in [1.54, 1.807) is 13.2 Å². The summed E-state index contributed by atoms with van der Waals surface area (Å²) in [4.78, 5) is 11.3. The highest BCUT2D eigenvalue weighted by Gasteiger charge is 2.04. The number of benzene rings is 1. The van der Waals surface area contributed by atoms with Crippen molar-refractivity contribution in [2.75, 3.05) is 33.4 Å². The second-order valence-corrected chi connectivity index (χ2v) is 4.52. The lowest BCUT2D eigenvalue weighted by Crippen LogP contribution is -2.24. The van der Waals surface area contributed by atoms with Gasteiger partial charge in [-0.05, 0) is 24.6 Å². The zero-order valence-corrected chi connectivity index (χ0v) is 12.6. The number of carbonyl (C=O) groups is 1. The molecule has 0 saturated heterocycles. The lowest BCUT2D eigenvalue weighted by Gasteiger charge is -2.09. The van der Waals surface area contributed by atoms with Crippen LogP contribution in [0.1, 0.15) is 18.9 Å². The van der Waals surface area contributed by atoms with Crippen molar-refractivity contribution in [2.24, 2.45) is 0 Å². The SMILES string of the molecule is CCNC(=O)CCOc1cc(F)cc(CNCCOC)c1. The zero-order chi connectivity index (χ0) is 15.5. The molecule has 6 heteroatoms. The summed E-state index contributed by atoms with van der Waals surface area (Å²) in [7, 11) is 1.63. The molecule has 0 atom stereocenters. The van der Waals surface area contributed by atoms with Crippen molar-refractivity contribution < 1.29 is 18.7 Å². The van der Waals surface area contributed by atoms with Gasteiger partial charge in [-0.25, -0.2) is 4.39 Å². The van der Waals surface area contributed by atoms with Gasteiger partial charge in [-0.2, -0.15) is 0 Å². The van der Waals surface area contributed by atoms with E-state index in [0.29, 0.717) is 32.0 Å². The number of halogens is 1. The fourth-order valence-corrected chi connectivity index (χ4v) is 1.76. The number of hydrogen-bond acceptors (Lipinski definition) is 4. The van der Waals surface area contributed by atoms with Crippen molar-refractivity contribution in [1.82, 2.24) is 10.6 Å². The smallest absolute Gasteiger partial charge is 0.223 e. The minimum Gasteiger partial charge on any atom is -0.493 e. The Labute approximate surface area is 124 Å². The monoisotopic (exact) mass is 298 g/mol. The number of nitrogens with one attached hydrogen (secondary N) is 2. The van der Waals surface area contributed by atoms with Crippen LogP contribution in [0.15, 0.2) is 18.2 Å². The summed E-state index contributed by atoms with van der Waals surface area (Å²) in [6, 6.07) is 4.54. The summed E-state index contributed by atoms with van der Waals surface area (Å²) in [6.45, 7) is 4.51. The Kier molecular flexibility index (Phi) is 8.38. The van der Waals surface area contributed by atoms with E-state index in [2.05, 4.69) is 10.6 Å². The number of carbonyl (C=O) groups excluding carboxylic acids is 1. The highest BCUT2D eigenvalue weighted by atomic mass is 19.1. The van der Waals surface area contributed by atoms with E-state index in [9.17, 15) is 9.18 Å². The maximum Gasteiger partial charge on any atom is 0.223 e. The van der Waals surface area contributed by atoms with Crippen LogP contribution in [-0.4, -0.2) is 39.3 Å². The van der Waals surface area contributed by atoms with E-state index in [4.69, 9.17) is 9.47 Å². The molecule has 0 saturated carbocycles. The summed E-state index contributed by atoms with van der Waals surface area (Å²) in [5, 5.41) is 5.82. The van der Waals surface area contributed by atoms with Crippen molar-refractivity contribution in [1.29, 1.82) is 0 Å². The number of methoxy groups -OCH3 is 1. The molecule has 0 unspecified atom stereocenters. The maximum atomic E-state index is 13.5. The molecule has 1 aromatic carbocycles. The number of rotatable bonds is 10. The van der Waals surface area contributed by atoms with Gasteiger partial charge < -0.3 is 20.1 Å². The molecule has 0 heterocycles. The summed E-state index contributed by atoms with van der Waals surface area (Å²) >= 11 is 0. The summed E-state index contributed by atoms with van der Waals surface area (Å²) in [6.07, 6.45) is 0.256. The molecule has 1 amide bonds. The Morgan fingerprint density at radius 3 is 2.81 bits per heavy atom. The number of hydrogen-bond donors (Lipinski definition) is 2. The standard InChI is InChI=1S/C15H23FN2O3/c1-3-18-15(19)4-6-21-14-9-12(8-13(16)10-14)11-17-5-7-20-2/h8-10,17H,3-7,11H2,1-2H3,(H,18,19). The van der Waals surface area contributed by atoms with Gasteiger partial charge in [0.25, 0.3) is 0 Å². The van der Waals surface area contributed by atoms with Gasteiger partial charge in [0, 0.05) is 32.8 Å². The van der Waals surface area contributed by atoms with Gasteiger partial charge in [-0.1, -0.05) is 0 Å². The first kappa shape index (κ1) is 17.4. The summed E-state index contributed by atoms with van der Waals surface area (Å²) < 4.78 is 23.8. The summed E-state index contributed by atoms with van der Waals surface area (Å²) in [5.41, 5.74) is 0.791. The van der Waals surface area contributed by atoms with E-state index in [0.717, 1.165) is 5.56 Å². The van der Waals surface area contributed by atoms with Gasteiger partial charge in [0.1, 0.15) is 11.6 Å². The zero-order valence-electron chi connectivity index (χ0n) is 12.6. The molecule has 0 spiro atoms. The Balaban J connectivity index is 2.43. The second kappa shape index (κ2) is 10.1. The van der Waals surface area contributed by atoms with E-state index < -0.39 is 0 Å². The molecule has 0 aliphatic rings. The molecule has 0 bridgehead atoms. The molecule has 1 rings (SSSR count). The molecular weight excluding hydrogens is 275 g/mol. The normalized spacial score (nSPS) is 10.4. The van der Waals surface area contributed by atoms with Crippen molar-refractivity contribution in [3.05, 3.63) is 29.6 Å². The lowest BCUT2D eigenvalue weighted by molar-refractivity contribution is -0.121. The van der Waals surface area contributed by atoms with E-state index in [-0.39, 0.29) is 24.8 Å². The minimum atomic E-state index is -0.353. The third-order valence-corrected chi connectivity index (χ3v) is 2.71. The van der Waals surface area contributed by atoms with Crippen LogP contribution in [0.4, 0.5) is 4.39 Å². The molecule has 0 aliphatic carbocycles. The Morgan fingerprint density at radius 1 is 1.29 bits per heavy atom. The first-order valence-corrected chi connectivity index (χ1v) is 7.04. The van der Waals surface area contributed by atoms with Crippen molar-refractivity contribution >= 4 is 5.91 Å². The van der Waals surface area contributed by atoms with Crippen LogP contribution in [-0.2, 0) is 16.1 Å². The second-order valence-electron chi connectivity index (χ2n) is 4.52. The van der Waals surface area contributed by atoms with Gasteiger partial charge in [-0.15, -0.1) is 0 Å². The molecule has 1 aromatic rings. The van der Waals surface area contributed by atoms with Crippen LogP contribution in [0.3, 0.4) is 0 Å². The molecule has 0 aliphatic heterocycles. The minimum absolute atomic E-state index is 0.0737. The van der Waals surface area contributed by atoms with E-state index in [1.165, 1.54) is 12.1 Å². The lowest BCUT2D eigenvalue weighted by atomic mass is 10.2. The Morgan fingerprint density at radius 2 is 2.10 bits per heavy atom. The quantitative estimate of drug-likeness (QED) is 0.642. The maximum absolute atomic E-state index is 13.5. The molecule has 5 nitrogen and oxygen atoms in total. The van der Waals surface area contributed by atoms with Crippen LogP contribution < -0.4 is 15.4 Å². The largest absolute Gasteiger partial charge is 0.493 e. The average molecular weight is 298 g/mol. The van der Waals surface area contributed by atoms with Crippen molar-refractivity contribution in [3.8, 4) is 5.75 Å². The molecule has 0 aromatic heterocycles.